The number of rotatable bonds is 6. The first-order valence-corrected chi connectivity index (χ1v) is 9.20. The van der Waals surface area contributed by atoms with E-state index in [9.17, 15) is 4.79 Å². The van der Waals surface area contributed by atoms with Crippen molar-refractivity contribution in [3.05, 3.63) is 89.0 Å². The number of benzene rings is 3. The maximum Gasteiger partial charge on any atom is 0.262 e. The van der Waals surface area contributed by atoms with Crippen LogP contribution in [0.1, 0.15) is 22.3 Å². The molecule has 0 aromatic heterocycles. The number of ether oxygens (including phenoxy) is 1. The van der Waals surface area contributed by atoms with Gasteiger partial charge in [0.25, 0.3) is 5.91 Å². The SMILES string of the molecule is Cc1ccc(N=Cc2cccc(OCC(=O)Nc3ccc(C)c(C)c3)c2)cc1. The number of hydrogen-bond acceptors (Lipinski definition) is 3. The Morgan fingerprint density at radius 2 is 1.75 bits per heavy atom. The molecule has 3 rings (SSSR count). The smallest absolute Gasteiger partial charge is 0.262 e. The first-order valence-electron chi connectivity index (χ1n) is 9.20. The molecule has 0 aliphatic rings. The lowest BCUT2D eigenvalue weighted by Gasteiger charge is -2.09. The number of nitrogens with zero attached hydrogens (tertiary/aromatic N) is 1. The number of hydrogen-bond donors (Lipinski definition) is 1. The Morgan fingerprint density at radius 3 is 2.50 bits per heavy atom. The van der Waals surface area contributed by atoms with E-state index in [0.29, 0.717) is 5.75 Å². The number of aliphatic imine (C=N–C) groups is 1. The van der Waals surface area contributed by atoms with Crippen LogP contribution in [0.3, 0.4) is 0 Å². The minimum Gasteiger partial charge on any atom is -0.484 e. The second-order valence-electron chi connectivity index (χ2n) is 6.80. The van der Waals surface area contributed by atoms with Gasteiger partial charge in [0.15, 0.2) is 6.61 Å². The molecule has 0 saturated carbocycles. The second kappa shape index (κ2) is 9.00. The van der Waals surface area contributed by atoms with Crippen molar-refractivity contribution in [3.63, 3.8) is 0 Å². The van der Waals surface area contributed by atoms with Crippen molar-refractivity contribution in [2.75, 3.05) is 11.9 Å². The third-order valence-electron chi connectivity index (χ3n) is 4.42. The first-order chi connectivity index (χ1) is 13.5. The van der Waals surface area contributed by atoms with Gasteiger partial charge in [0.05, 0.1) is 5.69 Å². The average molecular weight is 372 g/mol. The molecule has 1 N–H and O–H groups in total. The molecule has 0 aliphatic carbocycles. The second-order valence-corrected chi connectivity index (χ2v) is 6.80. The lowest BCUT2D eigenvalue weighted by atomic mass is 10.1. The van der Waals surface area contributed by atoms with Gasteiger partial charge in [0.2, 0.25) is 0 Å². The van der Waals surface area contributed by atoms with Gasteiger partial charge in [-0.15, -0.1) is 0 Å². The summed E-state index contributed by atoms with van der Waals surface area (Å²) in [6, 6.07) is 21.4. The number of carbonyl (C=O) groups is 1. The number of nitrogens with one attached hydrogen (secondary N) is 1. The van der Waals surface area contributed by atoms with Crippen LogP contribution in [0.25, 0.3) is 0 Å². The maximum atomic E-state index is 12.1. The lowest BCUT2D eigenvalue weighted by molar-refractivity contribution is -0.118. The van der Waals surface area contributed by atoms with Crippen LogP contribution < -0.4 is 10.1 Å². The zero-order chi connectivity index (χ0) is 19.9. The van der Waals surface area contributed by atoms with Crippen LogP contribution in [0.2, 0.25) is 0 Å². The molecule has 4 nitrogen and oxygen atoms in total. The molecule has 0 fully saturated rings. The largest absolute Gasteiger partial charge is 0.484 e. The molecule has 3 aromatic rings. The van der Waals surface area contributed by atoms with E-state index in [2.05, 4.69) is 10.3 Å². The molecule has 0 unspecified atom stereocenters. The Kier molecular flexibility index (Phi) is 6.22. The summed E-state index contributed by atoms with van der Waals surface area (Å²) >= 11 is 0. The van der Waals surface area contributed by atoms with Crippen LogP contribution in [0.4, 0.5) is 11.4 Å². The molecule has 1 amide bonds. The standard InChI is InChI=1S/C24H24N2O2/c1-17-7-10-21(11-8-17)25-15-20-5-4-6-23(14-20)28-16-24(27)26-22-12-9-18(2)19(3)13-22/h4-15H,16H2,1-3H3,(H,26,27). The van der Waals surface area contributed by atoms with E-state index in [1.165, 1.54) is 11.1 Å². The van der Waals surface area contributed by atoms with E-state index in [-0.39, 0.29) is 12.5 Å². The number of carbonyl (C=O) groups excluding carboxylic acids is 1. The van der Waals surface area contributed by atoms with Gasteiger partial charge in [-0.1, -0.05) is 35.9 Å². The molecular formula is C24H24N2O2. The summed E-state index contributed by atoms with van der Waals surface area (Å²) in [5.74, 6) is 0.435. The molecular weight excluding hydrogens is 348 g/mol. The van der Waals surface area contributed by atoms with Gasteiger partial charge in [-0.3, -0.25) is 9.79 Å². The quantitative estimate of drug-likeness (QED) is 0.591. The summed E-state index contributed by atoms with van der Waals surface area (Å²) in [7, 11) is 0. The van der Waals surface area contributed by atoms with Gasteiger partial charge in [-0.05, 0) is 73.9 Å². The molecule has 0 radical (unpaired) electrons. The van der Waals surface area contributed by atoms with Crippen LogP contribution >= 0.6 is 0 Å². The zero-order valence-electron chi connectivity index (χ0n) is 16.4. The molecule has 0 spiro atoms. The zero-order valence-corrected chi connectivity index (χ0v) is 16.4. The predicted molar refractivity (Wildman–Crippen MR) is 115 cm³/mol. The number of anilines is 1. The number of aryl methyl sites for hydroxylation is 3. The van der Waals surface area contributed by atoms with E-state index in [0.717, 1.165) is 22.5 Å². The van der Waals surface area contributed by atoms with Crippen LogP contribution in [-0.4, -0.2) is 18.7 Å². The Balaban J connectivity index is 1.57. The molecule has 0 saturated heterocycles. The van der Waals surface area contributed by atoms with E-state index in [1.807, 2.05) is 87.5 Å². The lowest BCUT2D eigenvalue weighted by Crippen LogP contribution is -2.20. The summed E-state index contributed by atoms with van der Waals surface area (Å²) in [6.07, 6.45) is 1.78. The fourth-order valence-electron chi connectivity index (χ4n) is 2.63. The van der Waals surface area contributed by atoms with Crippen molar-refractivity contribution in [2.24, 2.45) is 4.99 Å². The Labute approximate surface area is 165 Å². The molecule has 4 heteroatoms. The molecule has 0 atom stereocenters. The molecule has 0 aliphatic heterocycles. The summed E-state index contributed by atoms with van der Waals surface area (Å²) < 4.78 is 5.63. The van der Waals surface area contributed by atoms with Crippen molar-refractivity contribution in [2.45, 2.75) is 20.8 Å². The molecule has 142 valence electrons. The van der Waals surface area contributed by atoms with Crippen LogP contribution in [0.5, 0.6) is 5.75 Å². The van der Waals surface area contributed by atoms with Crippen LogP contribution in [0, 0.1) is 20.8 Å². The molecule has 28 heavy (non-hydrogen) atoms. The van der Waals surface area contributed by atoms with E-state index >= 15 is 0 Å². The molecule has 3 aromatic carbocycles. The van der Waals surface area contributed by atoms with Crippen LogP contribution in [-0.2, 0) is 4.79 Å². The van der Waals surface area contributed by atoms with Crippen molar-refractivity contribution < 1.29 is 9.53 Å². The average Bonchev–Trinajstić information content (AvgIpc) is 2.69. The summed E-state index contributed by atoms with van der Waals surface area (Å²) in [6.45, 7) is 6.06. The highest BCUT2D eigenvalue weighted by molar-refractivity contribution is 5.92. The van der Waals surface area contributed by atoms with Crippen molar-refractivity contribution in [1.82, 2.24) is 0 Å². The Bertz CT molecular complexity index is 992. The highest BCUT2D eigenvalue weighted by atomic mass is 16.5. The number of amides is 1. The van der Waals surface area contributed by atoms with E-state index < -0.39 is 0 Å². The predicted octanol–water partition coefficient (Wildman–Crippen LogP) is 5.38. The highest BCUT2D eigenvalue weighted by Gasteiger charge is 2.05. The van der Waals surface area contributed by atoms with Gasteiger partial charge >= 0.3 is 0 Å². The summed E-state index contributed by atoms with van der Waals surface area (Å²) in [5, 5.41) is 2.86. The van der Waals surface area contributed by atoms with Crippen LogP contribution in [0.15, 0.2) is 71.7 Å². The topological polar surface area (TPSA) is 50.7 Å². The third-order valence-corrected chi connectivity index (χ3v) is 4.42. The summed E-state index contributed by atoms with van der Waals surface area (Å²) in [4.78, 5) is 16.6. The van der Waals surface area contributed by atoms with E-state index in [4.69, 9.17) is 4.74 Å². The summed E-state index contributed by atoms with van der Waals surface area (Å²) in [5.41, 5.74) is 6.11. The fourth-order valence-corrected chi connectivity index (χ4v) is 2.63. The Morgan fingerprint density at radius 1 is 0.964 bits per heavy atom. The van der Waals surface area contributed by atoms with Gasteiger partial charge in [0.1, 0.15) is 5.75 Å². The maximum absolute atomic E-state index is 12.1. The van der Waals surface area contributed by atoms with Gasteiger partial charge in [-0.2, -0.15) is 0 Å². The minimum atomic E-state index is -0.193. The van der Waals surface area contributed by atoms with Gasteiger partial charge in [-0.25, -0.2) is 0 Å². The monoisotopic (exact) mass is 372 g/mol. The Hall–Kier alpha value is -3.40. The van der Waals surface area contributed by atoms with E-state index in [1.54, 1.807) is 6.21 Å². The van der Waals surface area contributed by atoms with Crippen molar-refractivity contribution >= 4 is 23.5 Å². The molecule has 0 bridgehead atoms. The molecule has 0 heterocycles. The van der Waals surface area contributed by atoms with Gasteiger partial charge in [0, 0.05) is 11.9 Å². The first kappa shape index (κ1) is 19.4. The third kappa shape index (κ3) is 5.55. The van der Waals surface area contributed by atoms with Gasteiger partial charge < -0.3 is 10.1 Å². The normalized spacial score (nSPS) is 10.8. The van der Waals surface area contributed by atoms with Crippen molar-refractivity contribution in [3.8, 4) is 5.75 Å². The highest BCUT2D eigenvalue weighted by Crippen LogP contribution is 2.16. The minimum absolute atomic E-state index is 0.0501. The fraction of sp³-hybridized carbons (Fsp3) is 0.167. The van der Waals surface area contributed by atoms with Crippen molar-refractivity contribution in [1.29, 1.82) is 0 Å².